The molecule has 0 saturated heterocycles. The zero-order valence-corrected chi connectivity index (χ0v) is 13.8. The topological polar surface area (TPSA) is 42.0 Å². The third-order valence-corrected chi connectivity index (χ3v) is 4.14. The number of hydrogen-bond acceptors (Lipinski definition) is 4. The van der Waals surface area contributed by atoms with Gasteiger partial charge in [0.25, 0.3) is 0 Å². The lowest BCUT2D eigenvalue weighted by Crippen LogP contribution is -2.08. The molecule has 1 aromatic heterocycles. The molecule has 0 fully saturated rings. The number of nitrogens with zero attached hydrogens (tertiary/aromatic N) is 1. The first-order valence-electron chi connectivity index (χ1n) is 6.39. The molecule has 0 radical (unpaired) electrons. The van der Waals surface area contributed by atoms with E-state index in [4.69, 9.17) is 23.8 Å². The summed E-state index contributed by atoms with van der Waals surface area (Å²) >= 11 is 12.3. The largest absolute Gasteiger partial charge is 0.326 e. The zero-order valence-electron chi connectivity index (χ0n) is 11.4. The Hall–Kier alpha value is -1.50. The molecule has 0 amide bonds. The van der Waals surface area contributed by atoms with Crippen LogP contribution in [0.1, 0.15) is 16.8 Å². The number of Topliss-reactive ketones (excluding diaryl/α,β-unsaturated/α-hetero) is 1. The second-order valence-corrected chi connectivity index (χ2v) is 6.51. The minimum atomic E-state index is -0.355. The standard InChI is InChI=1S/C15H12ClFN2OS2/c16-11-3-6-14(18-9-11)19-15(21)22-8-7-13(20)10-1-4-12(17)5-2-10/h1-6,9H,7-8H2,(H,18,19,21). The highest BCUT2D eigenvalue weighted by molar-refractivity contribution is 8.23. The van der Waals surface area contributed by atoms with Crippen molar-refractivity contribution in [2.75, 3.05) is 11.1 Å². The van der Waals surface area contributed by atoms with Crippen LogP contribution in [0.5, 0.6) is 0 Å². The van der Waals surface area contributed by atoms with Crippen LogP contribution in [-0.4, -0.2) is 20.8 Å². The normalized spacial score (nSPS) is 10.3. The predicted octanol–water partition coefficient (Wildman–Crippen LogP) is 4.58. The fraction of sp³-hybridized carbons (Fsp3) is 0.133. The summed E-state index contributed by atoms with van der Waals surface area (Å²) in [5, 5.41) is 3.50. The van der Waals surface area contributed by atoms with Crippen LogP contribution >= 0.6 is 35.6 Å². The summed E-state index contributed by atoms with van der Waals surface area (Å²) < 4.78 is 13.3. The molecule has 0 aliphatic heterocycles. The number of ketones is 1. The molecule has 2 rings (SSSR count). The van der Waals surface area contributed by atoms with E-state index in [0.29, 0.717) is 32.9 Å². The maximum absolute atomic E-state index is 12.8. The highest BCUT2D eigenvalue weighted by Gasteiger charge is 2.07. The summed E-state index contributed by atoms with van der Waals surface area (Å²) in [6, 6.07) is 8.95. The van der Waals surface area contributed by atoms with Gasteiger partial charge in [-0.1, -0.05) is 35.6 Å². The fourth-order valence-corrected chi connectivity index (χ4v) is 2.72. The number of benzene rings is 1. The van der Waals surface area contributed by atoms with Crippen LogP contribution in [0.15, 0.2) is 42.6 Å². The number of thioether (sulfide) groups is 1. The molecule has 0 saturated carbocycles. The number of aromatic nitrogens is 1. The van der Waals surface area contributed by atoms with Gasteiger partial charge in [0.2, 0.25) is 0 Å². The Morgan fingerprint density at radius 2 is 2.00 bits per heavy atom. The van der Waals surface area contributed by atoms with E-state index in [2.05, 4.69) is 10.3 Å². The lowest BCUT2D eigenvalue weighted by molar-refractivity contribution is 0.0989. The molecular weight excluding hydrogens is 343 g/mol. The molecule has 22 heavy (non-hydrogen) atoms. The highest BCUT2D eigenvalue weighted by atomic mass is 35.5. The van der Waals surface area contributed by atoms with Gasteiger partial charge in [-0.05, 0) is 36.4 Å². The Kier molecular flexibility index (Phi) is 6.30. The maximum atomic E-state index is 12.8. The molecule has 1 N–H and O–H groups in total. The van der Waals surface area contributed by atoms with Crippen LogP contribution in [0.25, 0.3) is 0 Å². The van der Waals surface area contributed by atoms with Crippen molar-refractivity contribution in [2.24, 2.45) is 0 Å². The quantitative estimate of drug-likeness (QED) is 0.629. The van der Waals surface area contributed by atoms with Gasteiger partial charge in [-0.15, -0.1) is 0 Å². The Labute approximate surface area is 142 Å². The minimum Gasteiger partial charge on any atom is -0.326 e. The molecule has 0 aliphatic carbocycles. The zero-order chi connectivity index (χ0) is 15.9. The highest BCUT2D eigenvalue weighted by Crippen LogP contribution is 2.14. The van der Waals surface area contributed by atoms with Crippen LogP contribution in [0, 0.1) is 5.82 Å². The number of carbonyl (C=O) groups is 1. The molecule has 114 valence electrons. The van der Waals surface area contributed by atoms with Gasteiger partial charge < -0.3 is 5.32 Å². The van der Waals surface area contributed by atoms with Crippen molar-refractivity contribution in [2.45, 2.75) is 6.42 Å². The Morgan fingerprint density at radius 1 is 1.27 bits per heavy atom. The molecule has 1 heterocycles. The van der Waals surface area contributed by atoms with Crippen LogP contribution in [0.4, 0.5) is 10.2 Å². The molecule has 0 atom stereocenters. The summed E-state index contributed by atoms with van der Waals surface area (Å²) in [6.45, 7) is 0. The SMILES string of the molecule is O=C(CCSC(=S)Nc1ccc(Cl)cn1)c1ccc(F)cc1. The van der Waals surface area contributed by atoms with Crippen molar-refractivity contribution < 1.29 is 9.18 Å². The summed E-state index contributed by atoms with van der Waals surface area (Å²) in [5.74, 6) is 0.744. The maximum Gasteiger partial charge on any atom is 0.163 e. The third kappa shape index (κ3) is 5.36. The van der Waals surface area contributed by atoms with Gasteiger partial charge in [0.05, 0.1) is 5.02 Å². The number of rotatable bonds is 5. The van der Waals surface area contributed by atoms with E-state index in [1.54, 1.807) is 12.1 Å². The van der Waals surface area contributed by atoms with Crippen molar-refractivity contribution in [1.82, 2.24) is 4.98 Å². The summed E-state index contributed by atoms with van der Waals surface area (Å²) in [7, 11) is 0. The third-order valence-electron chi connectivity index (χ3n) is 2.69. The monoisotopic (exact) mass is 354 g/mol. The number of halogens is 2. The van der Waals surface area contributed by atoms with Gasteiger partial charge in [0, 0.05) is 23.9 Å². The lowest BCUT2D eigenvalue weighted by atomic mass is 10.1. The van der Waals surface area contributed by atoms with Gasteiger partial charge >= 0.3 is 0 Å². The second kappa shape index (κ2) is 8.22. The summed E-state index contributed by atoms with van der Waals surface area (Å²) in [4.78, 5) is 16.0. The molecule has 1 aromatic carbocycles. The number of carbonyl (C=O) groups excluding carboxylic acids is 1. The summed E-state index contributed by atoms with van der Waals surface area (Å²) in [5.41, 5.74) is 0.500. The molecule has 7 heteroatoms. The van der Waals surface area contributed by atoms with E-state index in [1.165, 1.54) is 42.2 Å². The van der Waals surface area contributed by atoms with Crippen LogP contribution < -0.4 is 5.32 Å². The molecule has 0 bridgehead atoms. The molecule has 0 spiro atoms. The van der Waals surface area contributed by atoms with E-state index in [0.717, 1.165) is 0 Å². The molecule has 2 aromatic rings. The van der Waals surface area contributed by atoms with Gasteiger partial charge in [0.15, 0.2) is 5.78 Å². The summed E-state index contributed by atoms with van der Waals surface area (Å²) in [6.07, 6.45) is 1.85. The van der Waals surface area contributed by atoms with Crippen molar-refractivity contribution in [1.29, 1.82) is 0 Å². The number of hydrogen-bond donors (Lipinski definition) is 1. The van der Waals surface area contributed by atoms with E-state index in [-0.39, 0.29) is 11.6 Å². The number of nitrogens with one attached hydrogen (secondary N) is 1. The molecule has 0 unspecified atom stereocenters. The number of anilines is 1. The van der Waals surface area contributed by atoms with Crippen LogP contribution in [-0.2, 0) is 0 Å². The number of pyridine rings is 1. The van der Waals surface area contributed by atoms with E-state index in [9.17, 15) is 9.18 Å². The van der Waals surface area contributed by atoms with Gasteiger partial charge in [0.1, 0.15) is 16.0 Å². The van der Waals surface area contributed by atoms with Crippen molar-refractivity contribution >= 4 is 51.5 Å². The van der Waals surface area contributed by atoms with Gasteiger partial charge in [-0.2, -0.15) is 0 Å². The van der Waals surface area contributed by atoms with E-state index < -0.39 is 0 Å². The van der Waals surface area contributed by atoms with Gasteiger partial charge in [-0.25, -0.2) is 9.37 Å². The first-order valence-corrected chi connectivity index (χ1v) is 8.16. The van der Waals surface area contributed by atoms with E-state index >= 15 is 0 Å². The van der Waals surface area contributed by atoms with Crippen molar-refractivity contribution in [3.63, 3.8) is 0 Å². The minimum absolute atomic E-state index is 0.0417. The van der Waals surface area contributed by atoms with E-state index in [1.807, 2.05) is 0 Å². The second-order valence-electron chi connectivity index (χ2n) is 4.30. The smallest absolute Gasteiger partial charge is 0.163 e. The van der Waals surface area contributed by atoms with Crippen molar-refractivity contribution in [3.8, 4) is 0 Å². The Morgan fingerprint density at radius 3 is 2.64 bits per heavy atom. The predicted molar refractivity (Wildman–Crippen MR) is 93.3 cm³/mol. The average molecular weight is 355 g/mol. The average Bonchev–Trinajstić information content (AvgIpc) is 2.50. The Bertz CT molecular complexity index is 662. The van der Waals surface area contributed by atoms with Crippen LogP contribution in [0.3, 0.4) is 0 Å². The lowest BCUT2D eigenvalue weighted by Gasteiger charge is -2.06. The number of thiocarbonyl (C=S) groups is 1. The first-order chi connectivity index (χ1) is 10.5. The molecule has 3 nitrogen and oxygen atoms in total. The molecule has 0 aliphatic rings. The fourth-order valence-electron chi connectivity index (χ4n) is 1.61. The molecular formula is C15H12ClFN2OS2. The van der Waals surface area contributed by atoms with Crippen molar-refractivity contribution in [3.05, 3.63) is 59.0 Å². The van der Waals surface area contributed by atoms with Crippen LogP contribution in [0.2, 0.25) is 5.02 Å². The Balaban J connectivity index is 1.75. The first kappa shape index (κ1) is 16.9. The van der Waals surface area contributed by atoms with Gasteiger partial charge in [-0.3, -0.25) is 4.79 Å².